The summed E-state index contributed by atoms with van der Waals surface area (Å²) >= 11 is 0. The number of hydrogen-bond acceptors (Lipinski definition) is 6. The summed E-state index contributed by atoms with van der Waals surface area (Å²) in [4.78, 5) is -0.259. The van der Waals surface area contributed by atoms with E-state index in [0.29, 0.717) is 34.4 Å². The van der Waals surface area contributed by atoms with E-state index in [1.54, 1.807) is 23.2 Å². The predicted octanol–water partition coefficient (Wildman–Crippen LogP) is 8.94. The fourth-order valence-corrected chi connectivity index (χ4v) is 13.2. The highest BCUT2D eigenvalue weighted by atomic mass is 32.2. The van der Waals surface area contributed by atoms with Gasteiger partial charge < -0.3 is 14.0 Å². The lowest BCUT2D eigenvalue weighted by molar-refractivity contribution is 0.463. The molecule has 0 amide bonds. The number of fused-ring (bicyclic) bond motifs is 2. The summed E-state index contributed by atoms with van der Waals surface area (Å²) < 4.78 is 46.9. The maximum atomic E-state index is 12.6. The van der Waals surface area contributed by atoms with E-state index in [4.69, 9.17) is 10.3 Å². The van der Waals surface area contributed by atoms with Gasteiger partial charge in [-0.2, -0.15) is 0 Å². The molecule has 5 aromatic carbocycles. The minimum absolute atomic E-state index is 0.259. The van der Waals surface area contributed by atoms with Gasteiger partial charge >= 0.3 is 0 Å². The molecule has 2 aliphatic rings. The van der Waals surface area contributed by atoms with E-state index in [2.05, 4.69) is 115 Å². The monoisotopic (exact) mass is 810 g/mol. The summed E-state index contributed by atoms with van der Waals surface area (Å²) in [5, 5.41) is 7.62. The first kappa shape index (κ1) is 41.1. The molecule has 9 heteroatoms. The Morgan fingerprint density at radius 3 is 1.79 bits per heavy atom. The van der Waals surface area contributed by atoms with E-state index in [9.17, 15) is 13.0 Å². The third-order valence-corrected chi connectivity index (χ3v) is 16.5. The second-order valence-electron chi connectivity index (χ2n) is 14.9. The Kier molecular flexibility index (Phi) is 13.2. The highest BCUT2D eigenvalue weighted by Crippen LogP contribution is 2.56. The van der Waals surface area contributed by atoms with Crippen LogP contribution in [0.2, 0.25) is 0 Å². The van der Waals surface area contributed by atoms with Crippen molar-refractivity contribution in [3.05, 3.63) is 157 Å². The lowest BCUT2D eigenvalue weighted by Gasteiger charge is -2.28. The zero-order chi connectivity index (χ0) is 40.5. The van der Waals surface area contributed by atoms with Crippen molar-refractivity contribution in [1.29, 1.82) is 0 Å². The van der Waals surface area contributed by atoms with E-state index in [1.807, 2.05) is 30.3 Å². The zero-order valence-electron chi connectivity index (χ0n) is 33.5. The number of unbranched alkanes of at least 4 members (excludes halogenated alkanes) is 3. The second-order valence-corrected chi connectivity index (χ2v) is 19.9. The fraction of sp³-hybridized carbons (Fsp3) is 0.245. The molecule has 0 atom stereocenters. The molecular weight excluding hydrogens is 758 g/mol. The summed E-state index contributed by atoms with van der Waals surface area (Å²) in [6, 6.07) is 51.1. The fourth-order valence-electron chi connectivity index (χ4n) is 8.13. The number of rotatable bonds is 17. The number of nitrogens with two attached hydrogens (primary N) is 1. The molecule has 0 bridgehead atoms. The van der Waals surface area contributed by atoms with E-state index in [-0.39, 0.29) is 4.90 Å². The van der Waals surface area contributed by atoms with Gasteiger partial charge in [-0.15, -0.1) is 0 Å². The van der Waals surface area contributed by atoms with Crippen LogP contribution in [0.4, 0.5) is 5.69 Å². The topological polar surface area (TPSA) is 103 Å². The third kappa shape index (κ3) is 8.81. The average Bonchev–Trinajstić information content (AvgIpc) is 3.26. The molecule has 2 N–H and O–H groups in total. The van der Waals surface area contributed by atoms with Crippen molar-refractivity contribution in [3.8, 4) is 22.5 Å². The maximum Gasteiger partial charge on any atom is 0.203 e. The van der Waals surface area contributed by atoms with Crippen molar-refractivity contribution in [2.45, 2.75) is 57.3 Å². The summed E-state index contributed by atoms with van der Waals surface area (Å²) in [6.45, 7) is 6.87. The number of hydrazine groups is 1. The molecule has 1 aliphatic carbocycles. The number of benzene rings is 6. The molecule has 0 fully saturated rings. The molecule has 0 unspecified atom stereocenters. The van der Waals surface area contributed by atoms with Gasteiger partial charge in [0, 0.05) is 53.6 Å². The van der Waals surface area contributed by atoms with Gasteiger partial charge in [0.15, 0.2) is 0 Å². The Hall–Kier alpha value is -5.11. The molecule has 0 saturated heterocycles. The van der Waals surface area contributed by atoms with Crippen LogP contribution in [-0.2, 0) is 10.1 Å². The Balaban J connectivity index is 1.25. The Labute approximate surface area is 343 Å². The minimum Gasteiger partial charge on any atom is -0.744 e. The van der Waals surface area contributed by atoms with Crippen LogP contribution in [0.5, 0.6) is 0 Å². The zero-order valence-corrected chi connectivity index (χ0v) is 35.2. The van der Waals surface area contributed by atoms with Crippen molar-refractivity contribution >= 4 is 50.0 Å². The Bertz CT molecular complexity index is 2490. The van der Waals surface area contributed by atoms with Crippen LogP contribution >= 0.6 is 7.26 Å². The van der Waals surface area contributed by atoms with Crippen molar-refractivity contribution in [2.24, 2.45) is 5.84 Å². The standard InChI is InChI=1S/C49H53N3O4PS/c1-3-5-32-51(33-6-4-2)38-28-30-43-46(36-38)56-47-37-39(29-31-44(47)49(43)45-26-16-17-27-48(45)58(53,54)55)52(50)34-18-19-35-57(40-20-10-7-11-21-40,41-22-12-8-13-23-41)42-24-14-9-15-25-42/h7-17,20-31,36-37H,3-6,18-19,32-35,50H2,1-2H3/q+1. The lowest BCUT2D eigenvalue weighted by atomic mass is 9.93. The van der Waals surface area contributed by atoms with Crippen molar-refractivity contribution < 1.29 is 17.4 Å². The normalized spacial score (nSPS) is 11.9. The van der Waals surface area contributed by atoms with Gasteiger partial charge in [0.1, 0.15) is 57.7 Å². The molecule has 0 aromatic heterocycles. The molecule has 58 heavy (non-hydrogen) atoms. The molecule has 1 aliphatic heterocycles. The van der Waals surface area contributed by atoms with Crippen LogP contribution in [0.3, 0.4) is 0 Å². The smallest absolute Gasteiger partial charge is 0.203 e. The Morgan fingerprint density at radius 1 is 0.655 bits per heavy atom. The van der Waals surface area contributed by atoms with Crippen molar-refractivity contribution in [1.82, 2.24) is 4.58 Å². The molecule has 7 rings (SSSR count). The van der Waals surface area contributed by atoms with E-state index < -0.39 is 17.4 Å². The largest absolute Gasteiger partial charge is 0.744 e. The lowest BCUT2D eigenvalue weighted by Crippen LogP contribution is -2.34. The van der Waals surface area contributed by atoms with Crippen LogP contribution < -0.4 is 36.7 Å². The summed E-state index contributed by atoms with van der Waals surface area (Å²) in [5.74, 6) is 7.45. The quantitative estimate of drug-likeness (QED) is 0.0188. The van der Waals surface area contributed by atoms with Gasteiger partial charge in [-0.25, -0.2) is 18.8 Å². The Morgan fingerprint density at radius 2 is 1.22 bits per heavy atom. The van der Waals surface area contributed by atoms with Crippen LogP contribution in [0.25, 0.3) is 33.4 Å². The second kappa shape index (κ2) is 18.6. The van der Waals surface area contributed by atoms with E-state index in [0.717, 1.165) is 74.4 Å². The number of anilines is 1. The number of hydrogen-bond donors (Lipinski definition) is 1. The van der Waals surface area contributed by atoms with Crippen LogP contribution in [0.15, 0.2) is 161 Å². The molecule has 0 saturated carbocycles. The number of nitrogens with zero attached hydrogens (tertiary/aromatic N) is 2. The predicted molar refractivity (Wildman–Crippen MR) is 242 cm³/mol. The molecule has 0 spiro atoms. The first-order valence-electron chi connectivity index (χ1n) is 20.5. The van der Waals surface area contributed by atoms with Crippen LogP contribution in [-0.4, -0.2) is 38.8 Å². The SMILES string of the molecule is CCCC[N+](CCCC)=c1ccc2c(-c3ccccc3S(=O)(=O)[O-])c3ccc(N(N)CCCC[P+](c4ccccc4)(c4ccccc4)c4ccccc4)cc3oc-2c1. The van der Waals surface area contributed by atoms with Gasteiger partial charge in [0.25, 0.3) is 0 Å². The molecule has 0 radical (unpaired) electrons. The first-order valence-corrected chi connectivity index (χ1v) is 23.8. The summed E-state index contributed by atoms with van der Waals surface area (Å²) in [5.41, 5.74) is 3.07. The highest BCUT2D eigenvalue weighted by molar-refractivity contribution is 7.95. The molecule has 298 valence electrons. The van der Waals surface area contributed by atoms with Crippen molar-refractivity contribution in [2.75, 3.05) is 30.8 Å². The van der Waals surface area contributed by atoms with Crippen LogP contribution in [0.1, 0.15) is 52.4 Å². The van der Waals surface area contributed by atoms with Gasteiger partial charge in [-0.3, -0.25) is 0 Å². The first-order chi connectivity index (χ1) is 28.2. The van der Waals surface area contributed by atoms with E-state index >= 15 is 0 Å². The molecule has 7 nitrogen and oxygen atoms in total. The summed E-state index contributed by atoms with van der Waals surface area (Å²) in [6.07, 6.45) is 7.14. The van der Waals surface area contributed by atoms with Gasteiger partial charge in [0.05, 0.1) is 22.8 Å². The molecule has 1 heterocycles. The molecular formula is C49H53N3O4PS+. The van der Waals surface area contributed by atoms with Gasteiger partial charge in [-0.05, 0) is 73.5 Å². The van der Waals surface area contributed by atoms with Crippen LogP contribution in [0, 0.1) is 0 Å². The van der Waals surface area contributed by atoms with E-state index in [1.165, 1.54) is 22.0 Å². The maximum absolute atomic E-state index is 12.6. The van der Waals surface area contributed by atoms with Crippen molar-refractivity contribution in [3.63, 3.8) is 0 Å². The average molecular weight is 811 g/mol. The van der Waals surface area contributed by atoms with Gasteiger partial charge in [-0.1, -0.05) is 99.5 Å². The minimum atomic E-state index is -4.77. The highest BCUT2D eigenvalue weighted by Gasteiger charge is 2.44. The molecule has 5 aromatic rings. The van der Waals surface area contributed by atoms with Gasteiger partial charge in [0.2, 0.25) is 5.36 Å². The summed E-state index contributed by atoms with van der Waals surface area (Å²) in [7, 11) is -6.73. The third-order valence-electron chi connectivity index (χ3n) is 11.1.